The summed E-state index contributed by atoms with van der Waals surface area (Å²) in [5.74, 6) is 0. The van der Waals surface area contributed by atoms with E-state index in [-0.39, 0.29) is 6.23 Å². The molecule has 2 unspecified atom stereocenters. The maximum absolute atomic E-state index is 6.27. The first-order chi connectivity index (χ1) is 10.3. The van der Waals surface area contributed by atoms with Crippen molar-refractivity contribution in [3.63, 3.8) is 0 Å². The van der Waals surface area contributed by atoms with Gasteiger partial charge in [-0.25, -0.2) is 0 Å². The molecule has 112 valence electrons. The molecule has 0 bridgehead atoms. The lowest BCUT2D eigenvalue weighted by atomic mass is 9.86. The number of ether oxygens (including phenoxy) is 2. The van der Waals surface area contributed by atoms with E-state index in [1.54, 1.807) is 11.3 Å². The second-order valence-corrected chi connectivity index (χ2v) is 6.15. The van der Waals surface area contributed by atoms with Gasteiger partial charge < -0.3 is 9.47 Å². The topological polar surface area (TPSA) is 30.5 Å². The van der Waals surface area contributed by atoms with Crippen LogP contribution in [0.1, 0.15) is 25.3 Å². The third-order valence-electron chi connectivity index (χ3n) is 3.83. The van der Waals surface area contributed by atoms with Gasteiger partial charge in [-0.3, -0.25) is 5.32 Å². The number of benzene rings is 1. The van der Waals surface area contributed by atoms with Crippen LogP contribution in [0, 0.1) is 0 Å². The summed E-state index contributed by atoms with van der Waals surface area (Å²) in [5.41, 5.74) is 0.763. The second-order valence-electron chi connectivity index (χ2n) is 5.24. The first-order valence-electron chi connectivity index (χ1n) is 7.48. The predicted molar refractivity (Wildman–Crippen MR) is 85.7 cm³/mol. The fourth-order valence-corrected chi connectivity index (χ4v) is 3.52. The van der Waals surface area contributed by atoms with Gasteiger partial charge in [0.15, 0.2) is 11.3 Å². The zero-order valence-electron chi connectivity index (χ0n) is 12.2. The van der Waals surface area contributed by atoms with Gasteiger partial charge in [0.2, 0.25) is 0 Å². The lowest BCUT2D eigenvalue weighted by molar-refractivity contribution is -0.162. The summed E-state index contributed by atoms with van der Waals surface area (Å²) < 4.78 is 12.5. The maximum atomic E-state index is 6.27. The highest BCUT2D eigenvalue weighted by Gasteiger charge is 2.45. The van der Waals surface area contributed by atoms with Gasteiger partial charge in [0.05, 0.1) is 6.61 Å². The monoisotopic (exact) mass is 303 g/mol. The highest BCUT2D eigenvalue weighted by Crippen LogP contribution is 2.38. The number of rotatable bonds is 5. The van der Waals surface area contributed by atoms with Crippen LogP contribution >= 0.6 is 11.3 Å². The molecule has 2 heterocycles. The Bertz CT molecular complexity index is 539. The average Bonchev–Trinajstić information content (AvgIpc) is 3.03. The minimum atomic E-state index is -0.418. The predicted octanol–water partition coefficient (Wildman–Crippen LogP) is 3.77. The fourth-order valence-electron chi connectivity index (χ4n) is 2.92. The third-order valence-corrected chi connectivity index (χ3v) is 4.59. The van der Waals surface area contributed by atoms with E-state index in [0.29, 0.717) is 6.61 Å². The standard InChI is InChI=1S/C17H21NO2S/c1-2-10-17(14-7-4-3-5-8-14)16(18-11-12-19-17)20-15-9-6-13-21-15/h3-9,13,16,18H,2,10-12H2,1H3. The van der Waals surface area contributed by atoms with E-state index in [0.717, 1.165) is 24.4 Å². The Morgan fingerprint density at radius 3 is 2.86 bits per heavy atom. The van der Waals surface area contributed by atoms with Gasteiger partial charge >= 0.3 is 0 Å². The van der Waals surface area contributed by atoms with E-state index in [9.17, 15) is 0 Å². The van der Waals surface area contributed by atoms with Gasteiger partial charge in [-0.2, -0.15) is 0 Å². The molecule has 1 aromatic heterocycles. The molecule has 2 aromatic rings. The van der Waals surface area contributed by atoms with Crippen LogP contribution in [0.4, 0.5) is 0 Å². The SMILES string of the molecule is CCCC1(c2ccccc2)OCCNC1Oc1cccs1. The molecule has 1 saturated heterocycles. The molecule has 0 spiro atoms. The molecule has 1 N–H and O–H groups in total. The van der Waals surface area contributed by atoms with Crippen LogP contribution < -0.4 is 10.1 Å². The smallest absolute Gasteiger partial charge is 0.184 e. The summed E-state index contributed by atoms with van der Waals surface area (Å²) in [4.78, 5) is 0. The highest BCUT2D eigenvalue weighted by atomic mass is 32.1. The van der Waals surface area contributed by atoms with E-state index in [1.165, 1.54) is 5.56 Å². The van der Waals surface area contributed by atoms with Crippen molar-refractivity contribution in [2.75, 3.05) is 13.2 Å². The summed E-state index contributed by atoms with van der Waals surface area (Å²) in [6.07, 6.45) is 1.81. The van der Waals surface area contributed by atoms with E-state index in [4.69, 9.17) is 9.47 Å². The molecule has 1 aliphatic heterocycles. The number of thiophene rings is 1. The molecule has 0 amide bonds. The third kappa shape index (κ3) is 2.98. The van der Waals surface area contributed by atoms with Crippen molar-refractivity contribution in [2.45, 2.75) is 31.6 Å². The quantitative estimate of drug-likeness (QED) is 0.912. The van der Waals surface area contributed by atoms with E-state index in [1.807, 2.05) is 23.6 Å². The minimum Gasteiger partial charge on any atom is -0.462 e. The summed E-state index contributed by atoms with van der Waals surface area (Å²) in [6, 6.07) is 14.4. The van der Waals surface area contributed by atoms with Gasteiger partial charge in [0.1, 0.15) is 5.60 Å². The zero-order valence-corrected chi connectivity index (χ0v) is 13.1. The first-order valence-corrected chi connectivity index (χ1v) is 8.36. The highest BCUT2D eigenvalue weighted by molar-refractivity contribution is 7.11. The van der Waals surface area contributed by atoms with Crippen molar-refractivity contribution < 1.29 is 9.47 Å². The van der Waals surface area contributed by atoms with Crippen LogP contribution in [0.15, 0.2) is 47.8 Å². The molecular weight excluding hydrogens is 282 g/mol. The minimum absolute atomic E-state index is 0.160. The van der Waals surface area contributed by atoms with Crippen LogP contribution in [0.2, 0.25) is 0 Å². The molecular formula is C17H21NO2S. The van der Waals surface area contributed by atoms with Crippen molar-refractivity contribution in [3.8, 4) is 5.06 Å². The molecule has 0 saturated carbocycles. The van der Waals surface area contributed by atoms with Crippen molar-refractivity contribution in [3.05, 3.63) is 53.4 Å². The lowest BCUT2D eigenvalue weighted by Crippen LogP contribution is -2.58. The maximum Gasteiger partial charge on any atom is 0.184 e. The Labute approximate surface area is 129 Å². The van der Waals surface area contributed by atoms with Gasteiger partial charge in [0, 0.05) is 6.54 Å². The number of hydrogen-bond donors (Lipinski definition) is 1. The molecule has 2 atom stereocenters. The number of morpholine rings is 1. The molecule has 1 fully saturated rings. The Morgan fingerprint density at radius 2 is 2.14 bits per heavy atom. The van der Waals surface area contributed by atoms with Crippen LogP contribution in [-0.4, -0.2) is 19.4 Å². The summed E-state index contributed by atoms with van der Waals surface area (Å²) in [5, 5.41) is 6.45. The molecule has 4 heteroatoms. The number of hydrogen-bond acceptors (Lipinski definition) is 4. The van der Waals surface area contributed by atoms with E-state index < -0.39 is 5.60 Å². The molecule has 3 nitrogen and oxygen atoms in total. The van der Waals surface area contributed by atoms with Crippen LogP contribution in [-0.2, 0) is 10.3 Å². The first kappa shape index (κ1) is 14.6. The van der Waals surface area contributed by atoms with Gasteiger partial charge in [-0.05, 0) is 29.5 Å². The van der Waals surface area contributed by atoms with Crippen LogP contribution in [0.5, 0.6) is 5.06 Å². The normalized spacial score (nSPS) is 25.7. The van der Waals surface area contributed by atoms with Crippen molar-refractivity contribution in [1.29, 1.82) is 0 Å². The van der Waals surface area contributed by atoms with Crippen molar-refractivity contribution >= 4 is 11.3 Å². The molecule has 1 aromatic carbocycles. The Kier molecular flexibility index (Phi) is 4.58. The van der Waals surface area contributed by atoms with Gasteiger partial charge in [-0.1, -0.05) is 43.7 Å². The summed E-state index contributed by atoms with van der Waals surface area (Å²) in [7, 11) is 0. The largest absolute Gasteiger partial charge is 0.462 e. The molecule has 21 heavy (non-hydrogen) atoms. The molecule has 0 radical (unpaired) electrons. The summed E-state index contributed by atoms with van der Waals surface area (Å²) >= 11 is 1.61. The van der Waals surface area contributed by atoms with E-state index >= 15 is 0 Å². The van der Waals surface area contributed by atoms with E-state index in [2.05, 4.69) is 36.5 Å². The summed E-state index contributed by atoms with van der Waals surface area (Å²) in [6.45, 7) is 3.71. The Morgan fingerprint density at radius 1 is 1.29 bits per heavy atom. The van der Waals surface area contributed by atoms with Crippen LogP contribution in [0.25, 0.3) is 0 Å². The Hall–Kier alpha value is -1.36. The van der Waals surface area contributed by atoms with Gasteiger partial charge in [0.25, 0.3) is 0 Å². The van der Waals surface area contributed by atoms with Crippen LogP contribution in [0.3, 0.4) is 0 Å². The molecule has 3 rings (SSSR count). The second kappa shape index (κ2) is 6.60. The fraction of sp³-hybridized carbons (Fsp3) is 0.412. The van der Waals surface area contributed by atoms with Crippen molar-refractivity contribution in [1.82, 2.24) is 5.32 Å². The molecule has 0 aliphatic carbocycles. The zero-order chi connectivity index (χ0) is 14.5. The number of nitrogens with one attached hydrogen (secondary N) is 1. The molecule has 1 aliphatic rings. The lowest BCUT2D eigenvalue weighted by Gasteiger charge is -2.44. The Balaban J connectivity index is 1.94. The van der Waals surface area contributed by atoms with Crippen molar-refractivity contribution in [2.24, 2.45) is 0 Å². The average molecular weight is 303 g/mol. The van der Waals surface area contributed by atoms with Gasteiger partial charge in [-0.15, -0.1) is 11.3 Å².